The van der Waals surface area contributed by atoms with Gasteiger partial charge in [0.2, 0.25) is 5.91 Å². The molecule has 1 aliphatic heterocycles. The van der Waals surface area contributed by atoms with Crippen molar-refractivity contribution in [3.63, 3.8) is 0 Å². The second-order valence-corrected chi connectivity index (χ2v) is 7.93. The molecular weight excluding hydrogens is 402 g/mol. The first-order chi connectivity index (χ1) is 11.1. The molecule has 1 N–H and O–H groups in total. The summed E-state index contributed by atoms with van der Waals surface area (Å²) in [6, 6.07) is 8.92. The van der Waals surface area contributed by atoms with Gasteiger partial charge in [-0.15, -0.1) is 0 Å². The third kappa shape index (κ3) is 3.68. The van der Waals surface area contributed by atoms with E-state index < -0.39 is 32.2 Å². The zero-order valence-electron chi connectivity index (χ0n) is 13.0. The van der Waals surface area contributed by atoms with Gasteiger partial charge in [-0.1, -0.05) is 46.3 Å². The molecule has 0 saturated carbocycles. The summed E-state index contributed by atoms with van der Waals surface area (Å²) in [4.78, 5) is 24.0. The molecule has 1 heterocycles. The van der Waals surface area contributed by atoms with Gasteiger partial charge < -0.3 is 4.74 Å². The lowest BCUT2D eigenvalue weighted by Gasteiger charge is -2.42. The van der Waals surface area contributed by atoms with E-state index in [2.05, 4.69) is 15.9 Å². The predicted octanol–water partition coefficient (Wildman–Crippen LogP) is 1.84. The fraction of sp³-hybridized carbons (Fsp3) is 0.333. The monoisotopic (exact) mass is 417 g/mol. The van der Waals surface area contributed by atoms with Gasteiger partial charge >= 0.3 is 5.97 Å². The summed E-state index contributed by atoms with van der Waals surface area (Å²) < 4.78 is 37.4. The third-order valence-corrected chi connectivity index (χ3v) is 5.74. The fourth-order valence-electron chi connectivity index (χ4n) is 2.29. The minimum atomic E-state index is -4.56. The molecule has 9 heteroatoms. The maximum absolute atomic E-state index is 12.4. The van der Waals surface area contributed by atoms with Gasteiger partial charge in [-0.2, -0.15) is 8.42 Å². The number of likely N-dealkylation sites (tertiary alicyclic amines) is 1. The summed E-state index contributed by atoms with van der Waals surface area (Å²) in [5, 5.41) is -1.56. The van der Waals surface area contributed by atoms with E-state index in [4.69, 9.17) is 4.74 Å². The van der Waals surface area contributed by atoms with Crippen LogP contribution in [0.2, 0.25) is 0 Å². The van der Waals surface area contributed by atoms with Gasteiger partial charge in [-0.3, -0.25) is 14.2 Å². The molecule has 1 aromatic rings. The topological polar surface area (TPSA) is 101 Å². The highest BCUT2D eigenvalue weighted by Gasteiger charge is 2.56. The minimum Gasteiger partial charge on any atom is -0.456 e. The number of β-lactam (4-membered cyclic amide) rings is 1. The van der Waals surface area contributed by atoms with Gasteiger partial charge in [0.1, 0.15) is 17.1 Å². The Morgan fingerprint density at radius 3 is 2.38 bits per heavy atom. The summed E-state index contributed by atoms with van der Waals surface area (Å²) in [6.07, 6.45) is 0. The van der Waals surface area contributed by atoms with Crippen molar-refractivity contribution in [2.45, 2.75) is 30.7 Å². The molecule has 0 bridgehead atoms. The van der Waals surface area contributed by atoms with E-state index in [1.54, 1.807) is 38.1 Å². The first-order valence-corrected chi connectivity index (χ1v) is 9.38. The number of alkyl halides is 1. The molecule has 2 atom stereocenters. The van der Waals surface area contributed by atoms with Gasteiger partial charge in [0, 0.05) is 0 Å². The molecule has 24 heavy (non-hydrogen) atoms. The van der Waals surface area contributed by atoms with Crippen LogP contribution < -0.4 is 0 Å². The van der Waals surface area contributed by atoms with Crippen molar-refractivity contribution in [2.75, 3.05) is 0 Å². The number of hydrogen-bond donors (Lipinski definition) is 1. The highest BCUT2D eigenvalue weighted by Crippen LogP contribution is 2.35. The summed E-state index contributed by atoms with van der Waals surface area (Å²) in [7, 11) is -4.56. The van der Waals surface area contributed by atoms with Crippen molar-refractivity contribution < 1.29 is 27.3 Å². The SMILES string of the molecule is CC(C)=C(C(=O)OCc1ccccc1)N1C(=O)[C@@H](Br)[C@H]1S(=O)(=O)O. The van der Waals surface area contributed by atoms with E-state index >= 15 is 0 Å². The van der Waals surface area contributed by atoms with Crippen LogP contribution in [0.1, 0.15) is 19.4 Å². The maximum Gasteiger partial charge on any atom is 0.355 e. The molecule has 1 fully saturated rings. The summed E-state index contributed by atoms with van der Waals surface area (Å²) in [6.45, 7) is 3.08. The van der Waals surface area contributed by atoms with Gasteiger partial charge in [-0.05, 0) is 25.0 Å². The Kier molecular flexibility index (Phi) is 5.46. The van der Waals surface area contributed by atoms with E-state index in [9.17, 15) is 22.6 Å². The Hall–Kier alpha value is -1.71. The molecule has 0 spiro atoms. The lowest BCUT2D eigenvalue weighted by atomic mass is 10.1. The van der Waals surface area contributed by atoms with Crippen molar-refractivity contribution in [2.24, 2.45) is 0 Å². The largest absolute Gasteiger partial charge is 0.456 e. The Morgan fingerprint density at radius 2 is 1.88 bits per heavy atom. The fourth-order valence-corrected chi connectivity index (χ4v) is 4.45. The van der Waals surface area contributed by atoms with Crippen molar-refractivity contribution in [3.8, 4) is 0 Å². The molecular formula is C15H16BrNO6S. The van der Waals surface area contributed by atoms with Crippen molar-refractivity contribution in [3.05, 3.63) is 47.2 Å². The number of nitrogens with zero attached hydrogens (tertiary/aromatic N) is 1. The van der Waals surface area contributed by atoms with E-state index in [1.807, 2.05) is 6.07 Å². The molecule has 0 aromatic heterocycles. The second kappa shape index (κ2) is 7.04. The van der Waals surface area contributed by atoms with Crippen LogP contribution in [-0.2, 0) is 31.1 Å². The molecule has 0 radical (unpaired) electrons. The number of halogens is 1. The number of carbonyl (C=O) groups excluding carboxylic acids is 2. The van der Waals surface area contributed by atoms with E-state index in [0.29, 0.717) is 5.57 Å². The van der Waals surface area contributed by atoms with Crippen LogP contribution in [0.15, 0.2) is 41.6 Å². The predicted molar refractivity (Wildman–Crippen MR) is 89.5 cm³/mol. The molecule has 130 valence electrons. The number of benzene rings is 1. The number of hydrogen-bond acceptors (Lipinski definition) is 5. The van der Waals surface area contributed by atoms with E-state index in [-0.39, 0.29) is 12.3 Å². The highest BCUT2D eigenvalue weighted by molar-refractivity contribution is 9.10. The molecule has 0 aliphatic carbocycles. The van der Waals surface area contributed by atoms with Crippen LogP contribution >= 0.6 is 15.9 Å². The molecule has 1 aromatic carbocycles. The van der Waals surface area contributed by atoms with E-state index in [1.165, 1.54) is 0 Å². The first-order valence-electron chi connectivity index (χ1n) is 6.96. The van der Waals surface area contributed by atoms with Crippen LogP contribution in [0.4, 0.5) is 0 Å². The van der Waals surface area contributed by atoms with Crippen LogP contribution in [-0.4, -0.2) is 39.9 Å². The standard InChI is InChI=1S/C15H16BrNO6S/c1-9(2)12(15(19)23-8-10-6-4-3-5-7-10)17-13(18)11(16)14(17)24(20,21)22/h3-7,11,14H,8H2,1-2H3,(H,20,21,22)/t11-,14-/m1/s1. The van der Waals surface area contributed by atoms with Gasteiger partial charge in [-0.25, -0.2) is 4.79 Å². The highest BCUT2D eigenvalue weighted by atomic mass is 79.9. The Labute approximate surface area is 148 Å². The van der Waals surface area contributed by atoms with Gasteiger partial charge in [0.05, 0.1) is 0 Å². The number of rotatable bonds is 5. The lowest BCUT2D eigenvalue weighted by Crippen LogP contribution is -2.65. The number of ether oxygens (including phenoxy) is 1. The third-order valence-electron chi connectivity index (χ3n) is 3.40. The molecule has 1 aliphatic rings. The van der Waals surface area contributed by atoms with Crippen molar-refractivity contribution in [1.82, 2.24) is 4.90 Å². The van der Waals surface area contributed by atoms with Crippen LogP contribution in [0.5, 0.6) is 0 Å². The van der Waals surface area contributed by atoms with Crippen LogP contribution in [0.25, 0.3) is 0 Å². The van der Waals surface area contributed by atoms with Crippen LogP contribution in [0, 0.1) is 0 Å². The second-order valence-electron chi connectivity index (χ2n) is 5.43. The Morgan fingerprint density at radius 1 is 1.29 bits per heavy atom. The Balaban J connectivity index is 2.22. The number of esters is 1. The summed E-state index contributed by atoms with van der Waals surface area (Å²) in [5.74, 6) is -1.47. The zero-order chi connectivity index (χ0) is 18.1. The van der Waals surface area contributed by atoms with Crippen molar-refractivity contribution in [1.29, 1.82) is 0 Å². The number of carbonyl (C=O) groups is 2. The minimum absolute atomic E-state index is 0.0211. The maximum atomic E-state index is 12.4. The summed E-state index contributed by atoms with van der Waals surface area (Å²) in [5.41, 5.74) is 0.960. The van der Waals surface area contributed by atoms with Crippen LogP contribution in [0.3, 0.4) is 0 Å². The van der Waals surface area contributed by atoms with E-state index in [0.717, 1.165) is 10.5 Å². The van der Waals surface area contributed by atoms with Gasteiger partial charge in [0.15, 0.2) is 5.37 Å². The first kappa shape index (κ1) is 18.6. The van der Waals surface area contributed by atoms with Crippen molar-refractivity contribution >= 4 is 37.9 Å². The zero-order valence-corrected chi connectivity index (χ0v) is 15.4. The number of allylic oxidation sites excluding steroid dienone is 1. The molecule has 1 amide bonds. The molecule has 7 nitrogen and oxygen atoms in total. The average molecular weight is 418 g/mol. The molecule has 1 saturated heterocycles. The lowest BCUT2D eigenvalue weighted by molar-refractivity contribution is -0.149. The smallest absolute Gasteiger partial charge is 0.355 e. The summed E-state index contributed by atoms with van der Waals surface area (Å²) >= 11 is 2.91. The normalized spacial score (nSPS) is 20.3. The molecule has 0 unspecified atom stereocenters. The quantitative estimate of drug-likeness (QED) is 0.258. The molecule has 2 rings (SSSR count). The Bertz CT molecular complexity index is 785. The number of amides is 1. The average Bonchev–Trinajstić information content (AvgIpc) is 2.51. The van der Waals surface area contributed by atoms with Gasteiger partial charge in [0.25, 0.3) is 10.1 Å².